The molecule has 3 aromatic rings. The Bertz CT molecular complexity index is 825. The Kier molecular flexibility index (Phi) is 3.09. The normalized spacial score (nSPS) is 18.1. The number of aliphatic hydroxyl groups is 1. The van der Waals surface area contributed by atoms with Gasteiger partial charge in [0.25, 0.3) is 0 Å². The molecule has 3 aromatic carbocycles. The molecule has 1 aliphatic carbocycles. The largest absolute Gasteiger partial charge is 0.388 e. The molecule has 1 N–H and O–H groups in total. The van der Waals surface area contributed by atoms with Crippen molar-refractivity contribution >= 4 is 26.7 Å². The summed E-state index contributed by atoms with van der Waals surface area (Å²) in [6.07, 6.45) is 0.514. The Morgan fingerprint density at radius 1 is 0.905 bits per heavy atom. The van der Waals surface area contributed by atoms with Crippen molar-refractivity contribution < 1.29 is 5.11 Å². The van der Waals surface area contributed by atoms with Crippen LogP contribution in [0.4, 0.5) is 0 Å². The Morgan fingerprint density at radius 3 is 2.43 bits per heavy atom. The molecule has 0 amide bonds. The predicted molar refractivity (Wildman–Crippen MR) is 89.5 cm³/mol. The fourth-order valence-corrected chi connectivity index (χ4v) is 3.82. The van der Waals surface area contributed by atoms with Gasteiger partial charge in [-0.15, -0.1) is 0 Å². The molecule has 0 bridgehead atoms. The zero-order valence-electron chi connectivity index (χ0n) is 11.5. The van der Waals surface area contributed by atoms with E-state index in [1.54, 1.807) is 0 Å². The topological polar surface area (TPSA) is 20.2 Å². The first kappa shape index (κ1) is 13.1. The highest BCUT2D eigenvalue weighted by molar-refractivity contribution is 9.10. The molecule has 0 heterocycles. The van der Waals surface area contributed by atoms with Gasteiger partial charge in [-0.05, 0) is 39.9 Å². The SMILES string of the molecule is OC(c1ccc(Br)c2ccccc12)C1Cc2ccccc21. The van der Waals surface area contributed by atoms with Crippen molar-refractivity contribution in [2.75, 3.05) is 0 Å². The summed E-state index contributed by atoms with van der Waals surface area (Å²) in [5.41, 5.74) is 3.67. The molecular weight excluding hydrogens is 324 g/mol. The lowest BCUT2D eigenvalue weighted by atomic mass is 9.72. The Labute approximate surface area is 132 Å². The molecule has 2 heteroatoms. The van der Waals surface area contributed by atoms with E-state index >= 15 is 0 Å². The Balaban J connectivity index is 1.80. The van der Waals surface area contributed by atoms with Gasteiger partial charge in [-0.3, -0.25) is 0 Å². The molecule has 4 rings (SSSR count). The van der Waals surface area contributed by atoms with Crippen molar-refractivity contribution in [2.24, 2.45) is 0 Å². The molecule has 21 heavy (non-hydrogen) atoms. The van der Waals surface area contributed by atoms with Crippen molar-refractivity contribution in [2.45, 2.75) is 18.4 Å². The first-order valence-corrected chi connectivity index (χ1v) is 7.98. The summed E-state index contributed by atoms with van der Waals surface area (Å²) in [6, 6.07) is 20.7. The third-order valence-electron chi connectivity index (χ3n) is 4.50. The highest BCUT2D eigenvalue weighted by Crippen LogP contribution is 2.45. The van der Waals surface area contributed by atoms with E-state index in [-0.39, 0.29) is 5.92 Å². The highest BCUT2D eigenvalue weighted by Gasteiger charge is 2.33. The molecule has 1 aliphatic rings. The van der Waals surface area contributed by atoms with E-state index in [0.717, 1.165) is 27.2 Å². The van der Waals surface area contributed by atoms with E-state index in [2.05, 4.69) is 52.3 Å². The van der Waals surface area contributed by atoms with Crippen molar-refractivity contribution in [1.29, 1.82) is 0 Å². The van der Waals surface area contributed by atoms with Crippen LogP contribution in [0.25, 0.3) is 10.8 Å². The monoisotopic (exact) mass is 338 g/mol. The van der Waals surface area contributed by atoms with Crippen LogP contribution in [-0.2, 0) is 6.42 Å². The van der Waals surface area contributed by atoms with Gasteiger partial charge < -0.3 is 5.11 Å². The quantitative estimate of drug-likeness (QED) is 0.698. The number of hydrogen-bond donors (Lipinski definition) is 1. The van der Waals surface area contributed by atoms with Crippen LogP contribution in [0.3, 0.4) is 0 Å². The van der Waals surface area contributed by atoms with Crippen LogP contribution in [0, 0.1) is 0 Å². The third kappa shape index (κ3) is 2.02. The lowest BCUT2D eigenvalue weighted by molar-refractivity contribution is 0.136. The maximum atomic E-state index is 10.9. The number of halogens is 1. The molecule has 2 unspecified atom stereocenters. The van der Waals surface area contributed by atoms with Crippen LogP contribution in [0.5, 0.6) is 0 Å². The predicted octanol–water partition coefficient (Wildman–Crippen LogP) is 4.98. The first-order chi connectivity index (χ1) is 10.3. The third-order valence-corrected chi connectivity index (χ3v) is 5.19. The molecular formula is C19H15BrO. The van der Waals surface area contributed by atoms with E-state index in [1.807, 2.05) is 24.3 Å². The lowest BCUT2D eigenvalue weighted by Gasteiger charge is -2.34. The molecule has 0 saturated carbocycles. The Morgan fingerprint density at radius 2 is 1.62 bits per heavy atom. The van der Waals surface area contributed by atoms with Gasteiger partial charge in [0.1, 0.15) is 0 Å². The van der Waals surface area contributed by atoms with E-state index in [0.29, 0.717) is 0 Å². The second-order valence-corrected chi connectivity index (χ2v) is 6.49. The van der Waals surface area contributed by atoms with E-state index in [1.165, 1.54) is 11.1 Å². The maximum absolute atomic E-state index is 10.9. The van der Waals surface area contributed by atoms with E-state index in [4.69, 9.17) is 0 Å². The molecule has 0 saturated heterocycles. The zero-order chi connectivity index (χ0) is 14.4. The fourth-order valence-electron chi connectivity index (χ4n) is 3.34. The first-order valence-electron chi connectivity index (χ1n) is 7.19. The average Bonchev–Trinajstić information content (AvgIpc) is 2.49. The van der Waals surface area contributed by atoms with E-state index in [9.17, 15) is 5.11 Å². The summed E-state index contributed by atoms with van der Waals surface area (Å²) < 4.78 is 1.07. The number of aliphatic hydroxyl groups excluding tert-OH is 1. The fraction of sp³-hybridized carbons (Fsp3) is 0.158. The molecule has 0 spiro atoms. The molecule has 0 aromatic heterocycles. The summed E-state index contributed by atoms with van der Waals surface area (Å²) >= 11 is 3.59. The number of hydrogen-bond acceptors (Lipinski definition) is 1. The number of benzene rings is 3. The molecule has 0 aliphatic heterocycles. The van der Waals surface area contributed by atoms with Crippen LogP contribution >= 0.6 is 15.9 Å². The summed E-state index contributed by atoms with van der Waals surface area (Å²) in [6.45, 7) is 0. The second-order valence-electron chi connectivity index (χ2n) is 5.64. The standard InChI is InChI=1S/C19H15BrO/c20-18-10-9-16(14-7-3-4-8-15(14)18)19(21)17-11-12-5-1-2-6-13(12)17/h1-10,17,19,21H,11H2. The van der Waals surface area contributed by atoms with Crippen LogP contribution in [-0.4, -0.2) is 5.11 Å². The van der Waals surface area contributed by atoms with Gasteiger partial charge in [0.15, 0.2) is 0 Å². The van der Waals surface area contributed by atoms with Crippen LogP contribution in [0.2, 0.25) is 0 Å². The average molecular weight is 339 g/mol. The molecule has 0 fully saturated rings. The van der Waals surface area contributed by atoms with Crippen molar-refractivity contribution in [3.8, 4) is 0 Å². The van der Waals surface area contributed by atoms with Gasteiger partial charge in [0.2, 0.25) is 0 Å². The van der Waals surface area contributed by atoms with E-state index < -0.39 is 6.10 Å². The minimum Gasteiger partial charge on any atom is -0.388 e. The van der Waals surface area contributed by atoms with Crippen molar-refractivity contribution in [3.05, 3.63) is 81.8 Å². The molecule has 2 atom stereocenters. The van der Waals surface area contributed by atoms with Crippen LogP contribution in [0.15, 0.2) is 65.1 Å². The van der Waals surface area contributed by atoms with Gasteiger partial charge in [0.05, 0.1) is 6.10 Å². The maximum Gasteiger partial charge on any atom is 0.0867 e. The summed E-state index contributed by atoms with van der Waals surface area (Å²) in [5.74, 6) is 0.214. The minimum absolute atomic E-state index is 0.214. The minimum atomic E-state index is -0.446. The summed E-state index contributed by atoms with van der Waals surface area (Å²) in [5, 5.41) is 13.1. The van der Waals surface area contributed by atoms with Gasteiger partial charge in [-0.25, -0.2) is 0 Å². The lowest BCUT2D eigenvalue weighted by Crippen LogP contribution is -2.23. The molecule has 104 valence electrons. The second kappa shape index (κ2) is 4.97. The van der Waals surface area contributed by atoms with Crippen molar-refractivity contribution in [1.82, 2.24) is 0 Å². The van der Waals surface area contributed by atoms with Crippen LogP contribution < -0.4 is 0 Å². The van der Waals surface area contributed by atoms with Gasteiger partial charge >= 0.3 is 0 Å². The zero-order valence-corrected chi connectivity index (χ0v) is 13.0. The van der Waals surface area contributed by atoms with Gasteiger partial charge in [-0.2, -0.15) is 0 Å². The molecule has 0 radical (unpaired) electrons. The number of rotatable bonds is 2. The summed E-state index contributed by atoms with van der Waals surface area (Å²) in [7, 11) is 0. The Hall–Kier alpha value is -1.64. The van der Waals surface area contributed by atoms with Gasteiger partial charge in [0, 0.05) is 10.4 Å². The van der Waals surface area contributed by atoms with Gasteiger partial charge in [-0.1, -0.05) is 70.5 Å². The number of fused-ring (bicyclic) bond motifs is 2. The smallest absolute Gasteiger partial charge is 0.0867 e. The van der Waals surface area contributed by atoms with Crippen LogP contribution in [0.1, 0.15) is 28.7 Å². The summed E-state index contributed by atoms with van der Waals surface area (Å²) in [4.78, 5) is 0. The highest BCUT2D eigenvalue weighted by atomic mass is 79.9. The molecule has 1 nitrogen and oxygen atoms in total. The van der Waals surface area contributed by atoms with Crippen molar-refractivity contribution in [3.63, 3.8) is 0 Å².